The number of carbonyl (C=O) groups excluding carboxylic acids is 1. The van der Waals surface area contributed by atoms with E-state index in [0.717, 1.165) is 0 Å². The number of hydrogen-bond acceptors (Lipinski definition) is 2. The summed E-state index contributed by atoms with van der Waals surface area (Å²) < 4.78 is 0. The van der Waals surface area contributed by atoms with Crippen LogP contribution in [-0.4, -0.2) is 11.3 Å². The molecule has 0 atom stereocenters. The largest absolute Gasteiger partial charge is 0.298 e. The Morgan fingerprint density at radius 2 is 2.00 bits per heavy atom. The van der Waals surface area contributed by atoms with Gasteiger partial charge in [-0.05, 0) is 0 Å². The standard InChI is InChI=1S/C6H2Cl3NO/c7-4-1-10-6(9)3(2-11)5(4)8/h1-2H. The monoisotopic (exact) mass is 209 g/mol. The molecule has 0 bridgehead atoms. The molecule has 11 heavy (non-hydrogen) atoms. The van der Waals surface area contributed by atoms with Gasteiger partial charge in [0.25, 0.3) is 0 Å². The van der Waals surface area contributed by atoms with Crippen LogP contribution in [0.25, 0.3) is 0 Å². The number of rotatable bonds is 1. The maximum atomic E-state index is 10.3. The summed E-state index contributed by atoms with van der Waals surface area (Å²) in [5.41, 5.74) is 0.126. The highest BCUT2D eigenvalue weighted by atomic mass is 35.5. The molecule has 0 saturated carbocycles. The van der Waals surface area contributed by atoms with E-state index in [1.54, 1.807) is 0 Å². The molecule has 0 spiro atoms. The minimum absolute atomic E-state index is 0.0643. The molecule has 0 aromatic carbocycles. The Hall–Kier alpha value is -0.310. The summed E-state index contributed by atoms with van der Waals surface area (Å²) in [4.78, 5) is 14.0. The Morgan fingerprint density at radius 3 is 2.45 bits per heavy atom. The summed E-state index contributed by atoms with van der Waals surface area (Å²) in [6.07, 6.45) is 1.81. The second-order valence-corrected chi connectivity index (χ2v) is 2.89. The van der Waals surface area contributed by atoms with Gasteiger partial charge in [-0.25, -0.2) is 4.98 Å². The molecule has 1 rings (SSSR count). The lowest BCUT2D eigenvalue weighted by atomic mass is 10.3. The van der Waals surface area contributed by atoms with Gasteiger partial charge >= 0.3 is 0 Å². The number of aldehydes is 1. The summed E-state index contributed by atoms with van der Waals surface area (Å²) in [5, 5.41) is 0.425. The molecule has 0 amide bonds. The topological polar surface area (TPSA) is 30.0 Å². The fraction of sp³-hybridized carbons (Fsp3) is 0. The normalized spacial score (nSPS) is 9.73. The van der Waals surface area contributed by atoms with Gasteiger partial charge in [-0.15, -0.1) is 0 Å². The average Bonchev–Trinajstić information content (AvgIpc) is 1.99. The van der Waals surface area contributed by atoms with E-state index in [0.29, 0.717) is 6.29 Å². The Kier molecular flexibility index (Phi) is 2.71. The van der Waals surface area contributed by atoms with Gasteiger partial charge in [0.2, 0.25) is 0 Å². The van der Waals surface area contributed by atoms with Gasteiger partial charge in [-0.3, -0.25) is 4.79 Å². The zero-order valence-corrected chi connectivity index (χ0v) is 7.41. The van der Waals surface area contributed by atoms with Crippen LogP contribution >= 0.6 is 34.8 Å². The highest BCUT2D eigenvalue weighted by Crippen LogP contribution is 2.27. The molecule has 0 saturated heterocycles. The van der Waals surface area contributed by atoms with Gasteiger partial charge < -0.3 is 0 Å². The summed E-state index contributed by atoms with van der Waals surface area (Å²) in [6, 6.07) is 0. The molecular formula is C6H2Cl3NO. The Morgan fingerprint density at radius 1 is 1.36 bits per heavy atom. The highest BCUT2D eigenvalue weighted by molar-refractivity contribution is 6.45. The SMILES string of the molecule is O=Cc1c(Cl)ncc(Cl)c1Cl. The minimum Gasteiger partial charge on any atom is -0.298 e. The van der Waals surface area contributed by atoms with Crippen LogP contribution < -0.4 is 0 Å². The number of hydrogen-bond donors (Lipinski definition) is 0. The minimum atomic E-state index is 0.0643. The first-order valence-corrected chi connectivity index (χ1v) is 3.75. The van der Waals surface area contributed by atoms with Crippen molar-refractivity contribution in [1.29, 1.82) is 0 Å². The summed E-state index contributed by atoms with van der Waals surface area (Å²) in [7, 11) is 0. The predicted octanol–water partition coefficient (Wildman–Crippen LogP) is 2.85. The van der Waals surface area contributed by atoms with Crippen molar-refractivity contribution >= 4 is 41.1 Å². The van der Waals surface area contributed by atoms with E-state index in [2.05, 4.69) is 4.98 Å². The summed E-state index contributed by atoms with van der Waals surface area (Å²) in [6.45, 7) is 0. The molecule has 0 aliphatic carbocycles. The molecule has 0 aliphatic heterocycles. The molecule has 0 N–H and O–H groups in total. The first-order chi connectivity index (χ1) is 5.16. The first-order valence-electron chi connectivity index (χ1n) is 2.61. The van der Waals surface area contributed by atoms with Crippen LogP contribution in [0.2, 0.25) is 15.2 Å². The van der Waals surface area contributed by atoms with Gasteiger partial charge in [-0.1, -0.05) is 34.8 Å². The molecule has 0 radical (unpaired) electrons. The number of pyridine rings is 1. The van der Waals surface area contributed by atoms with E-state index in [-0.39, 0.29) is 20.8 Å². The molecule has 1 aromatic rings. The van der Waals surface area contributed by atoms with Crippen molar-refractivity contribution in [2.24, 2.45) is 0 Å². The molecular weight excluding hydrogens is 208 g/mol. The molecule has 1 heterocycles. The van der Waals surface area contributed by atoms with Crippen LogP contribution in [0.1, 0.15) is 10.4 Å². The van der Waals surface area contributed by atoms with Gasteiger partial charge in [0.05, 0.1) is 15.6 Å². The molecule has 0 fully saturated rings. The van der Waals surface area contributed by atoms with Crippen LogP contribution in [0.15, 0.2) is 6.20 Å². The van der Waals surface area contributed by atoms with Crippen molar-refractivity contribution in [2.45, 2.75) is 0 Å². The van der Waals surface area contributed by atoms with Crippen molar-refractivity contribution in [3.8, 4) is 0 Å². The zero-order valence-electron chi connectivity index (χ0n) is 5.14. The van der Waals surface area contributed by atoms with Crippen LogP contribution in [0, 0.1) is 0 Å². The number of nitrogens with zero attached hydrogens (tertiary/aromatic N) is 1. The third-order valence-electron chi connectivity index (χ3n) is 1.08. The van der Waals surface area contributed by atoms with Crippen molar-refractivity contribution < 1.29 is 4.79 Å². The van der Waals surface area contributed by atoms with Crippen LogP contribution in [0.4, 0.5) is 0 Å². The van der Waals surface area contributed by atoms with Crippen LogP contribution in [-0.2, 0) is 0 Å². The Balaban J connectivity index is 3.40. The molecule has 58 valence electrons. The highest BCUT2D eigenvalue weighted by Gasteiger charge is 2.08. The van der Waals surface area contributed by atoms with E-state index in [1.807, 2.05) is 0 Å². The fourth-order valence-corrected chi connectivity index (χ4v) is 1.13. The number of aromatic nitrogens is 1. The van der Waals surface area contributed by atoms with E-state index in [4.69, 9.17) is 34.8 Å². The van der Waals surface area contributed by atoms with Crippen molar-refractivity contribution in [2.75, 3.05) is 0 Å². The average molecular weight is 210 g/mol. The lowest BCUT2D eigenvalue weighted by Crippen LogP contribution is -1.87. The van der Waals surface area contributed by atoms with E-state index in [9.17, 15) is 4.79 Å². The third-order valence-corrected chi connectivity index (χ3v) is 2.17. The van der Waals surface area contributed by atoms with E-state index < -0.39 is 0 Å². The quantitative estimate of drug-likeness (QED) is 0.527. The lowest BCUT2D eigenvalue weighted by Gasteiger charge is -1.98. The third kappa shape index (κ3) is 1.64. The number of carbonyl (C=O) groups is 1. The van der Waals surface area contributed by atoms with E-state index >= 15 is 0 Å². The maximum Gasteiger partial charge on any atom is 0.154 e. The van der Waals surface area contributed by atoms with Crippen molar-refractivity contribution in [3.63, 3.8) is 0 Å². The van der Waals surface area contributed by atoms with Gasteiger partial charge in [0, 0.05) is 6.20 Å². The van der Waals surface area contributed by atoms with Gasteiger partial charge in [0.1, 0.15) is 5.15 Å². The zero-order chi connectivity index (χ0) is 8.43. The number of halogens is 3. The van der Waals surface area contributed by atoms with Crippen LogP contribution in [0.3, 0.4) is 0 Å². The lowest BCUT2D eigenvalue weighted by molar-refractivity contribution is 0.112. The first kappa shape index (κ1) is 8.78. The molecule has 2 nitrogen and oxygen atoms in total. The smallest absolute Gasteiger partial charge is 0.154 e. The molecule has 1 aromatic heterocycles. The van der Waals surface area contributed by atoms with Crippen molar-refractivity contribution in [1.82, 2.24) is 4.98 Å². The summed E-state index contributed by atoms with van der Waals surface area (Å²) in [5.74, 6) is 0. The van der Waals surface area contributed by atoms with Gasteiger partial charge in [0.15, 0.2) is 6.29 Å². The Labute approximate surface area is 78.1 Å². The van der Waals surface area contributed by atoms with Gasteiger partial charge in [-0.2, -0.15) is 0 Å². The molecule has 5 heteroatoms. The Bertz CT molecular complexity index is 300. The maximum absolute atomic E-state index is 10.3. The second kappa shape index (κ2) is 3.39. The fourth-order valence-electron chi connectivity index (χ4n) is 0.559. The predicted molar refractivity (Wildman–Crippen MR) is 44.7 cm³/mol. The van der Waals surface area contributed by atoms with Crippen LogP contribution in [0.5, 0.6) is 0 Å². The second-order valence-electron chi connectivity index (χ2n) is 1.74. The molecule has 0 unspecified atom stereocenters. The molecule has 0 aliphatic rings. The van der Waals surface area contributed by atoms with E-state index in [1.165, 1.54) is 6.20 Å². The van der Waals surface area contributed by atoms with Crippen molar-refractivity contribution in [3.05, 3.63) is 27.0 Å². The summed E-state index contributed by atoms with van der Waals surface area (Å²) >= 11 is 16.7.